The van der Waals surface area contributed by atoms with E-state index in [0.717, 1.165) is 15.5 Å². The summed E-state index contributed by atoms with van der Waals surface area (Å²) in [4.78, 5) is 13.5. The number of Topliss-reactive ketones (excluding diaryl/α,β-unsaturated/α-hetero) is 1. The van der Waals surface area contributed by atoms with E-state index in [1.165, 1.54) is 24.3 Å². The summed E-state index contributed by atoms with van der Waals surface area (Å²) in [5.74, 6) is -0.697. The molecule has 196 valence electrons. The minimum absolute atomic E-state index is 0.0241. The summed E-state index contributed by atoms with van der Waals surface area (Å²) in [6.07, 6.45) is 0.617. The van der Waals surface area contributed by atoms with Crippen LogP contribution < -0.4 is 11.0 Å². The number of carbonyl (C=O) groups excluding carboxylic acids is 1. The summed E-state index contributed by atoms with van der Waals surface area (Å²) in [5, 5.41) is -1.16. The standard InChI is InChI=1S/C27H31N3O5S2/c1-20-8-13-24(14-9-20)36(32,33)26-17-12-23(27(31)22-6-4-3-5-7-22)18-19-30(29-28-26)37(34,35)25-15-10-21(2)11-16-25/h3-11,13-16,23,26,28-29H,12,17-19H2,1-2H3. The second-order valence-corrected chi connectivity index (χ2v) is 13.3. The first-order chi connectivity index (χ1) is 17.6. The first-order valence-electron chi connectivity index (χ1n) is 12.1. The summed E-state index contributed by atoms with van der Waals surface area (Å²) in [6.45, 7) is 3.70. The highest BCUT2D eigenvalue weighted by molar-refractivity contribution is 7.92. The van der Waals surface area contributed by atoms with Gasteiger partial charge in [0.25, 0.3) is 10.0 Å². The van der Waals surface area contributed by atoms with Gasteiger partial charge in [-0.05, 0) is 57.4 Å². The van der Waals surface area contributed by atoms with Crippen LogP contribution in [0.4, 0.5) is 0 Å². The molecule has 0 saturated carbocycles. The number of hydrogen-bond donors (Lipinski definition) is 2. The van der Waals surface area contributed by atoms with Crippen molar-refractivity contribution in [1.29, 1.82) is 0 Å². The molecule has 2 N–H and O–H groups in total. The zero-order chi connectivity index (χ0) is 26.6. The first kappa shape index (κ1) is 27.2. The van der Waals surface area contributed by atoms with E-state index in [1.54, 1.807) is 48.5 Å². The predicted octanol–water partition coefficient (Wildman–Crippen LogP) is 3.79. The van der Waals surface area contributed by atoms with E-state index in [0.29, 0.717) is 5.56 Å². The molecular weight excluding hydrogens is 510 g/mol. The lowest BCUT2D eigenvalue weighted by Gasteiger charge is -2.25. The molecule has 8 nitrogen and oxygen atoms in total. The van der Waals surface area contributed by atoms with Gasteiger partial charge in [-0.3, -0.25) is 4.79 Å². The maximum atomic E-state index is 13.5. The van der Waals surface area contributed by atoms with Crippen molar-refractivity contribution in [3.05, 3.63) is 95.6 Å². The summed E-state index contributed by atoms with van der Waals surface area (Å²) < 4.78 is 55.0. The molecule has 0 aromatic heterocycles. The van der Waals surface area contributed by atoms with Crippen LogP contribution in [0, 0.1) is 19.8 Å². The Balaban J connectivity index is 1.68. The van der Waals surface area contributed by atoms with Gasteiger partial charge in [0.2, 0.25) is 0 Å². The summed E-state index contributed by atoms with van der Waals surface area (Å²) in [5.41, 5.74) is 7.75. The molecule has 1 aliphatic rings. The minimum atomic E-state index is -4.03. The quantitative estimate of drug-likeness (QED) is 0.457. The van der Waals surface area contributed by atoms with E-state index in [4.69, 9.17) is 0 Å². The van der Waals surface area contributed by atoms with E-state index in [-0.39, 0.29) is 41.4 Å². The highest BCUT2D eigenvalue weighted by Crippen LogP contribution is 2.26. The van der Waals surface area contributed by atoms with Gasteiger partial charge in [0.1, 0.15) is 5.37 Å². The van der Waals surface area contributed by atoms with Crippen LogP contribution in [0.25, 0.3) is 0 Å². The fourth-order valence-corrected chi connectivity index (χ4v) is 7.04. The van der Waals surface area contributed by atoms with Gasteiger partial charge in [-0.1, -0.05) is 65.7 Å². The smallest absolute Gasteiger partial charge is 0.256 e. The van der Waals surface area contributed by atoms with Gasteiger partial charge in [-0.25, -0.2) is 22.3 Å². The van der Waals surface area contributed by atoms with Crippen molar-refractivity contribution in [3.63, 3.8) is 0 Å². The Morgan fingerprint density at radius 1 is 0.757 bits per heavy atom. The zero-order valence-electron chi connectivity index (χ0n) is 20.8. The van der Waals surface area contributed by atoms with Gasteiger partial charge >= 0.3 is 0 Å². The van der Waals surface area contributed by atoms with Crippen LogP contribution in [0.1, 0.15) is 40.7 Å². The maximum absolute atomic E-state index is 13.5. The molecule has 4 rings (SSSR count). The number of carbonyl (C=O) groups is 1. The molecule has 37 heavy (non-hydrogen) atoms. The molecule has 1 heterocycles. The van der Waals surface area contributed by atoms with E-state index >= 15 is 0 Å². The van der Waals surface area contributed by atoms with Gasteiger partial charge in [0, 0.05) is 18.0 Å². The lowest BCUT2D eigenvalue weighted by atomic mass is 9.90. The van der Waals surface area contributed by atoms with Crippen LogP contribution in [0.3, 0.4) is 0 Å². The van der Waals surface area contributed by atoms with Gasteiger partial charge < -0.3 is 0 Å². The number of benzene rings is 3. The molecule has 0 spiro atoms. The fourth-order valence-electron chi connectivity index (χ4n) is 4.29. The third-order valence-corrected chi connectivity index (χ3v) is 10.3. The van der Waals surface area contributed by atoms with Crippen LogP contribution in [-0.4, -0.2) is 39.0 Å². The van der Waals surface area contributed by atoms with Crippen molar-refractivity contribution in [3.8, 4) is 0 Å². The van der Waals surface area contributed by atoms with E-state index in [2.05, 4.69) is 11.0 Å². The molecule has 0 aliphatic carbocycles. The van der Waals surface area contributed by atoms with Gasteiger partial charge in [-0.2, -0.15) is 5.53 Å². The van der Waals surface area contributed by atoms with Gasteiger partial charge in [0.05, 0.1) is 9.79 Å². The van der Waals surface area contributed by atoms with Crippen molar-refractivity contribution in [2.45, 2.75) is 48.3 Å². The Morgan fingerprint density at radius 2 is 1.32 bits per heavy atom. The van der Waals surface area contributed by atoms with Gasteiger partial charge in [0.15, 0.2) is 15.6 Å². The molecule has 1 saturated heterocycles. The highest BCUT2D eigenvalue weighted by Gasteiger charge is 2.34. The first-order valence-corrected chi connectivity index (χ1v) is 15.1. The average Bonchev–Trinajstić information content (AvgIpc) is 3.00. The topological polar surface area (TPSA) is 113 Å². The van der Waals surface area contributed by atoms with E-state index < -0.39 is 31.2 Å². The van der Waals surface area contributed by atoms with Crippen molar-refractivity contribution < 1.29 is 21.6 Å². The third kappa shape index (κ3) is 6.16. The number of hydrogen-bond acceptors (Lipinski definition) is 7. The third-order valence-electron chi connectivity index (χ3n) is 6.57. The Bertz CT molecular complexity index is 1350. The number of hydrazine groups is 2. The van der Waals surface area contributed by atoms with E-state index in [9.17, 15) is 21.6 Å². The molecule has 1 aliphatic heterocycles. The summed E-state index contributed by atoms with van der Waals surface area (Å²) >= 11 is 0. The predicted molar refractivity (Wildman–Crippen MR) is 142 cm³/mol. The highest BCUT2D eigenvalue weighted by atomic mass is 32.2. The molecule has 2 unspecified atom stereocenters. The largest absolute Gasteiger partial charge is 0.294 e. The Hall–Kier alpha value is -2.89. The van der Waals surface area contributed by atoms with Gasteiger partial charge in [-0.15, -0.1) is 4.41 Å². The summed E-state index contributed by atoms with van der Waals surface area (Å²) in [7, 11) is -7.93. The molecule has 2 atom stereocenters. The Kier molecular flexibility index (Phi) is 8.25. The SMILES string of the molecule is Cc1ccc(S(=O)(=O)C2CCC(C(=O)c3ccccc3)CCN(S(=O)(=O)c3ccc(C)cc3)NN2)cc1. The molecule has 3 aromatic rings. The number of rotatable bonds is 6. The Labute approximate surface area is 218 Å². The number of sulfone groups is 1. The second-order valence-electron chi connectivity index (χ2n) is 9.29. The van der Waals surface area contributed by atoms with Crippen molar-refractivity contribution in [2.24, 2.45) is 5.92 Å². The zero-order valence-corrected chi connectivity index (χ0v) is 22.4. The fraction of sp³-hybridized carbons (Fsp3) is 0.296. The second kappa shape index (κ2) is 11.2. The molecule has 10 heteroatoms. The van der Waals surface area contributed by atoms with Crippen molar-refractivity contribution in [1.82, 2.24) is 15.4 Å². The van der Waals surface area contributed by atoms with Crippen LogP contribution in [-0.2, 0) is 19.9 Å². The van der Waals surface area contributed by atoms with E-state index in [1.807, 2.05) is 19.9 Å². The Morgan fingerprint density at radius 3 is 1.92 bits per heavy atom. The van der Waals surface area contributed by atoms with Crippen molar-refractivity contribution in [2.75, 3.05) is 6.54 Å². The molecule has 0 bridgehead atoms. The van der Waals surface area contributed by atoms with Crippen LogP contribution in [0.5, 0.6) is 0 Å². The lowest BCUT2D eigenvalue weighted by molar-refractivity contribution is 0.0900. The maximum Gasteiger partial charge on any atom is 0.256 e. The van der Waals surface area contributed by atoms with Crippen LogP contribution in [0.2, 0.25) is 0 Å². The molecule has 3 aromatic carbocycles. The number of nitrogens with zero attached hydrogens (tertiary/aromatic N) is 1. The number of sulfonamides is 1. The number of nitrogens with one attached hydrogen (secondary N) is 2. The van der Waals surface area contributed by atoms with Crippen molar-refractivity contribution >= 4 is 25.6 Å². The average molecular weight is 542 g/mol. The van der Waals surface area contributed by atoms with Crippen LogP contribution >= 0.6 is 0 Å². The minimum Gasteiger partial charge on any atom is -0.294 e. The number of aryl methyl sites for hydroxylation is 2. The molecule has 1 fully saturated rings. The molecule has 0 radical (unpaired) electrons. The van der Waals surface area contributed by atoms with Crippen LogP contribution in [0.15, 0.2) is 88.7 Å². The monoisotopic (exact) mass is 541 g/mol. The lowest BCUT2D eigenvalue weighted by Crippen LogP contribution is -2.55. The number of ketones is 1. The molecular formula is C27H31N3O5S2. The summed E-state index contributed by atoms with van der Waals surface area (Å²) in [6, 6.07) is 21.7. The molecule has 0 amide bonds. The normalized spacial score (nSPS) is 19.9.